The number of nitrogens with zero attached hydrogens (tertiary/aromatic N) is 1. The zero-order valence-electron chi connectivity index (χ0n) is 14.6. The second-order valence-corrected chi connectivity index (χ2v) is 7.47. The van der Waals surface area contributed by atoms with E-state index in [1.54, 1.807) is 0 Å². The van der Waals surface area contributed by atoms with Gasteiger partial charge < -0.3 is 19.7 Å². The molecule has 5 nitrogen and oxygen atoms in total. The van der Waals surface area contributed by atoms with Gasteiger partial charge in [-0.25, -0.2) is 4.79 Å². The van der Waals surface area contributed by atoms with Gasteiger partial charge in [-0.05, 0) is 39.5 Å². The molecule has 1 N–H and O–H groups in total. The molecule has 1 saturated carbocycles. The normalized spacial score (nSPS) is 31.8. The van der Waals surface area contributed by atoms with E-state index in [1.165, 1.54) is 19.3 Å². The highest BCUT2D eigenvalue weighted by molar-refractivity contribution is 5.74. The van der Waals surface area contributed by atoms with E-state index in [2.05, 4.69) is 12.2 Å². The summed E-state index contributed by atoms with van der Waals surface area (Å²) in [4.78, 5) is 14.1. The van der Waals surface area contributed by atoms with E-state index in [9.17, 15) is 4.79 Å². The zero-order chi connectivity index (χ0) is 16.2. The number of nitrogens with one attached hydrogen (secondary N) is 1. The molecule has 0 aromatic carbocycles. The SMILES string of the molecule is CC1CN(C(=O)NCCOC2CCCCC2C)CC(C)(C)O1. The Labute approximate surface area is 134 Å². The van der Waals surface area contributed by atoms with Crippen molar-refractivity contribution in [3.63, 3.8) is 0 Å². The molecule has 22 heavy (non-hydrogen) atoms. The summed E-state index contributed by atoms with van der Waals surface area (Å²) in [6.07, 6.45) is 5.45. The number of carbonyl (C=O) groups excluding carboxylic acids is 1. The number of amides is 2. The Balaban J connectivity index is 1.67. The molecule has 0 radical (unpaired) electrons. The van der Waals surface area contributed by atoms with Crippen LogP contribution in [0.15, 0.2) is 0 Å². The van der Waals surface area contributed by atoms with Crippen LogP contribution < -0.4 is 5.32 Å². The summed E-state index contributed by atoms with van der Waals surface area (Å²) in [5.41, 5.74) is -0.275. The van der Waals surface area contributed by atoms with Crippen LogP contribution in [0.25, 0.3) is 0 Å². The molecule has 0 aromatic rings. The second kappa shape index (κ2) is 7.64. The lowest BCUT2D eigenvalue weighted by atomic mass is 9.88. The summed E-state index contributed by atoms with van der Waals surface area (Å²) < 4.78 is 11.8. The Hall–Kier alpha value is -0.810. The summed E-state index contributed by atoms with van der Waals surface area (Å²) in [5.74, 6) is 0.644. The molecule has 1 saturated heterocycles. The Bertz CT molecular complexity index is 373. The molecule has 1 aliphatic heterocycles. The van der Waals surface area contributed by atoms with Gasteiger partial charge in [0.25, 0.3) is 0 Å². The summed E-state index contributed by atoms with van der Waals surface area (Å²) >= 11 is 0. The highest BCUT2D eigenvalue weighted by Gasteiger charge is 2.33. The van der Waals surface area contributed by atoms with Crippen LogP contribution in [0.3, 0.4) is 0 Å². The molecule has 128 valence electrons. The van der Waals surface area contributed by atoms with E-state index in [4.69, 9.17) is 9.47 Å². The monoisotopic (exact) mass is 312 g/mol. The lowest BCUT2D eigenvalue weighted by molar-refractivity contribution is -0.117. The topological polar surface area (TPSA) is 50.8 Å². The molecule has 1 heterocycles. The number of morpholine rings is 1. The minimum absolute atomic E-state index is 0.0106. The fraction of sp³-hybridized carbons (Fsp3) is 0.941. The molecule has 2 amide bonds. The fourth-order valence-corrected chi connectivity index (χ4v) is 3.62. The molecule has 2 aliphatic rings. The lowest BCUT2D eigenvalue weighted by Gasteiger charge is -2.41. The van der Waals surface area contributed by atoms with Crippen molar-refractivity contribution in [2.75, 3.05) is 26.2 Å². The van der Waals surface area contributed by atoms with Crippen molar-refractivity contribution in [1.82, 2.24) is 10.2 Å². The van der Waals surface area contributed by atoms with Crippen LogP contribution in [-0.2, 0) is 9.47 Å². The minimum atomic E-state index is -0.275. The van der Waals surface area contributed by atoms with Crippen LogP contribution >= 0.6 is 0 Å². The molecule has 1 aliphatic carbocycles. The fourth-order valence-electron chi connectivity index (χ4n) is 3.62. The van der Waals surface area contributed by atoms with Gasteiger partial charge in [0, 0.05) is 13.1 Å². The van der Waals surface area contributed by atoms with E-state index in [0.29, 0.717) is 38.3 Å². The van der Waals surface area contributed by atoms with Gasteiger partial charge >= 0.3 is 6.03 Å². The number of rotatable bonds is 4. The number of urea groups is 1. The van der Waals surface area contributed by atoms with Crippen molar-refractivity contribution in [1.29, 1.82) is 0 Å². The third-order valence-electron chi connectivity index (χ3n) is 4.60. The maximum Gasteiger partial charge on any atom is 0.317 e. The van der Waals surface area contributed by atoms with Crippen molar-refractivity contribution in [2.45, 2.75) is 71.2 Å². The predicted molar refractivity (Wildman–Crippen MR) is 87.0 cm³/mol. The summed E-state index contributed by atoms with van der Waals surface area (Å²) in [6, 6.07) is -0.0106. The molecule has 0 aromatic heterocycles. The van der Waals surface area contributed by atoms with Gasteiger partial charge in [-0.3, -0.25) is 0 Å². The van der Waals surface area contributed by atoms with Gasteiger partial charge in [-0.2, -0.15) is 0 Å². The van der Waals surface area contributed by atoms with Crippen molar-refractivity contribution >= 4 is 6.03 Å². The molecule has 5 heteroatoms. The van der Waals surface area contributed by atoms with Crippen LogP contribution in [0, 0.1) is 5.92 Å². The molecule has 0 spiro atoms. The van der Waals surface area contributed by atoms with E-state index in [1.807, 2.05) is 25.7 Å². The van der Waals surface area contributed by atoms with Crippen molar-refractivity contribution in [2.24, 2.45) is 5.92 Å². The number of ether oxygens (including phenoxy) is 2. The third kappa shape index (κ3) is 5.13. The van der Waals surface area contributed by atoms with Gasteiger partial charge in [-0.15, -0.1) is 0 Å². The second-order valence-electron chi connectivity index (χ2n) is 7.47. The van der Waals surface area contributed by atoms with E-state index in [-0.39, 0.29) is 17.7 Å². The van der Waals surface area contributed by atoms with Crippen molar-refractivity contribution in [3.8, 4) is 0 Å². The first-order valence-corrected chi connectivity index (χ1v) is 8.69. The number of hydrogen-bond acceptors (Lipinski definition) is 3. The molecule has 3 atom stereocenters. The Morgan fingerprint density at radius 1 is 1.32 bits per heavy atom. The largest absolute Gasteiger partial charge is 0.376 e. The van der Waals surface area contributed by atoms with E-state index >= 15 is 0 Å². The first kappa shape index (κ1) is 17.5. The van der Waals surface area contributed by atoms with Crippen molar-refractivity contribution in [3.05, 3.63) is 0 Å². The van der Waals surface area contributed by atoms with Crippen LogP contribution in [0.5, 0.6) is 0 Å². The van der Waals surface area contributed by atoms with Crippen LogP contribution in [0.1, 0.15) is 53.4 Å². The summed E-state index contributed by atoms with van der Waals surface area (Å²) in [6.45, 7) is 10.8. The molecular formula is C17H32N2O3. The van der Waals surface area contributed by atoms with Gasteiger partial charge in [0.2, 0.25) is 0 Å². The quantitative estimate of drug-likeness (QED) is 0.812. The molecule has 0 bridgehead atoms. The standard InChI is InChI=1S/C17H32N2O3/c1-13-7-5-6-8-15(13)21-10-9-18-16(20)19-11-14(2)22-17(3,4)12-19/h13-15H,5-12H2,1-4H3,(H,18,20). The predicted octanol–water partition coefficient (Wildman–Crippen LogP) is 2.79. The lowest BCUT2D eigenvalue weighted by Crippen LogP contribution is -2.56. The molecule has 3 unspecified atom stereocenters. The van der Waals surface area contributed by atoms with Gasteiger partial charge in [0.05, 0.1) is 31.0 Å². The Morgan fingerprint density at radius 2 is 2.05 bits per heavy atom. The van der Waals surface area contributed by atoms with Gasteiger partial charge in [0.1, 0.15) is 0 Å². The average Bonchev–Trinajstić information content (AvgIpc) is 2.43. The molecular weight excluding hydrogens is 280 g/mol. The average molecular weight is 312 g/mol. The third-order valence-corrected chi connectivity index (χ3v) is 4.60. The summed E-state index contributed by atoms with van der Waals surface area (Å²) in [5, 5.41) is 2.97. The van der Waals surface area contributed by atoms with E-state index < -0.39 is 0 Å². The van der Waals surface area contributed by atoms with Crippen LogP contribution in [-0.4, -0.2) is 55.0 Å². The van der Waals surface area contributed by atoms with Gasteiger partial charge in [0.15, 0.2) is 0 Å². The minimum Gasteiger partial charge on any atom is -0.376 e. The highest BCUT2D eigenvalue weighted by atomic mass is 16.5. The molecule has 2 rings (SSSR count). The van der Waals surface area contributed by atoms with Crippen molar-refractivity contribution < 1.29 is 14.3 Å². The first-order valence-electron chi connectivity index (χ1n) is 8.69. The van der Waals surface area contributed by atoms with Crippen LogP contribution in [0.2, 0.25) is 0 Å². The number of carbonyl (C=O) groups is 1. The Morgan fingerprint density at radius 3 is 2.73 bits per heavy atom. The molecule has 2 fully saturated rings. The Kier molecular flexibility index (Phi) is 6.09. The maximum atomic E-state index is 12.3. The van der Waals surface area contributed by atoms with E-state index in [0.717, 1.165) is 6.42 Å². The summed E-state index contributed by atoms with van der Waals surface area (Å²) in [7, 11) is 0. The smallest absolute Gasteiger partial charge is 0.317 e. The number of hydrogen-bond donors (Lipinski definition) is 1. The zero-order valence-corrected chi connectivity index (χ0v) is 14.6. The van der Waals surface area contributed by atoms with Gasteiger partial charge in [-0.1, -0.05) is 19.8 Å². The van der Waals surface area contributed by atoms with Crippen LogP contribution in [0.4, 0.5) is 4.79 Å². The first-order chi connectivity index (χ1) is 10.4. The maximum absolute atomic E-state index is 12.3. The highest BCUT2D eigenvalue weighted by Crippen LogP contribution is 2.26.